The number of nitrogens with zero attached hydrogens (tertiary/aromatic N) is 1. The van der Waals surface area contributed by atoms with Crippen molar-refractivity contribution in [2.24, 2.45) is 0 Å². The van der Waals surface area contributed by atoms with Crippen LogP contribution < -0.4 is 9.62 Å². The molecule has 0 radical (unpaired) electrons. The number of benzene rings is 2. The van der Waals surface area contributed by atoms with Gasteiger partial charge in [-0.05, 0) is 36.8 Å². The first-order valence-electron chi connectivity index (χ1n) is 6.40. The van der Waals surface area contributed by atoms with E-state index in [0.717, 1.165) is 11.3 Å². The molecule has 0 fully saturated rings. The molecular weight excluding hydrogens is 288 g/mol. The van der Waals surface area contributed by atoms with Gasteiger partial charge >= 0.3 is 0 Å². The quantitative estimate of drug-likeness (QED) is 0.911. The Hall–Kier alpha value is -2.21. The van der Waals surface area contributed by atoms with E-state index in [1.165, 1.54) is 12.1 Å². The third kappa shape index (κ3) is 3.28. The van der Waals surface area contributed by atoms with E-state index in [1.54, 1.807) is 24.3 Å². The lowest BCUT2D eigenvalue weighted by molar-refractivity contribution is 0.459. The highest BCUT2D eigenvalue weighted by Gasteiger charge is 2.18. The summed E-state index contributed by atoms with van der Waals surface area (Å²) >= 11 is 0. The Morgan fingerprint density at radius 3 is 2.38 bits per heavy atom. The molecule has 0 saturated carbocycles. The van der Waals surface area contributed by atoms with Crippen molar-refractivity contribution in [1.82, 2.24) is 0 Å². The fourth-order valence-electron chi connectivity index (χ4n) is 2.05. The number of sulfonamides is 1. The Morgan fingerprint density at radius 2 is 1.76 bits per heavy atom. The molecule has 0 spiro atoms. The first-order chi connectivity index (χ1) is 9.81. The minimum atomic E-state index is -3.82. The van der Waals surface area contributed by atoms with Gasteiger partial charge in [0.2, 0.25) is 0 Å². The molecule has 6 heteroatoms. The Balaban J connectivity index is 2.38. The number of anilines is 2. The van der Waals surface area contributed by atoms with Gasteiger partial charge in [0.1, 0.15) is 10.6 Å². The van der Waals surface area contributed by atoms with Crippen molar-refractivity contribution in [1.29, 1.82) is 0 Å². The standard InChI is InChI=1S/C15H18N2O3S/c1-11-8-9-12(10-13(11)17(2)3)16-21(19,20)15-7-5-4-6-14(15)18/h4-10,16,18H,1-3H3. The normalized spacial score (nSPS) is 11.2. The van der Waals surface area contributed by atoms with Crippen LogP contribution in [0.5, 0.6) is 5.75 Å². The van der Waals surface area contributed by atoms with Crippen LogP contribution in [0.3, 0.4) is 0 Å². The molecule has 0 aliphatic heterocycles. The lowest BCUT2D eigenvalue weighted by atomic mass is 10.2. The van der Waals surface area contributed by atoms with E-state index in [0.29, 0.717) is 5.69 Å². The van der Waals surface area contributed by atoms with E-state index in [1.807, 2.05) is 32.0 Å². The highest BCUT2D eigenvalue weighted by atomic mass is 32.2. The van der Waals surface area contributed by atoms with Gasteiger partial charge in [-0.3, -0.25) is 4.72 Å². The molecule has 2 rings (SSSR count). The molecule has 5 nitrogen and oxygen atoms in total. The number of rotatable bonds is 4. The first kappa shape index (κ1) is 15.2. The summed E-state index contributed by atoms with van der Waals surface area (Å²) in [5.74, 6) is -0.273. The minimum absolute atomic E-state index is 0.142. The number of phenolic OH excluding ortho intramolecular Hbond substituents is 1. The fourth-order valence-corrected chi connectivity index (χ4v) is 3.20. The van der Waals surface area contributed by atoms with Crippen molar-refractivity contribution >= 4 is 21.4 Å². The van der Waals surface area contributed by atoms with Gasteiger partial charge in [-0.25, -0.2) is 8.42 Å². The molecule has 2 aromatic carbocycles. The molecular formula is C15H18N2O3S. The minimum Gasteiger partial charge on any atom is -0.507 e. The second-order valence-corrected chi connectivity index (χ2v) is 6.62. The summed E-state index contributed by atoms with van der Waals surface area (Å²) in [4.78, 5) is 1.77. The molecule has 0 bridgehead atoms. The highest BCUT2D eigenvalue weighted by Crippen LogP contribution is 2.27. The second kappa shape index (κ2) is 5.65. The molecule has 0 aliphatic carbocycles. The summed E-state index contributed by atoms with van der Waals surface area (Å²) in [5, 5.41) is 9.68. The lowest BCUT2D eigenvalue weighted by Crippen LogP contribution is -2.15. The predicted octanol–water partition coefficient (Wildman–Crippen LogP) is 2.57. The maximum absolute atomic E-state index is 12.3. The summed E-state index contributed by atoms with van der Waals surface area (Å²) < 4.78 is 27.1. The van der Waals surface area contributed by atoms with Crippen molar-refractivity contribution in [3.63, 3.8) is 0 Å². The Bertz CT molecular complexity index is 755. The van der Waals surface area contributed by atoms with Gasteiger partial charge in [0.15, 0.2) is 0 Å². The van der Waals surface area contributed by atoms with Crippen LogP contribution in [0.4, 0.5) is 11.4 Å². The largest absolute Gasteiger partial charge is 0.507 e. The fraction of sp³-hybridized carbons (Fsp3) is 0.200. The molecule has 0 aromatic heterocycles. The summed E-state index contributed by atoms with van der Waals surface area (Å²) in [6.07, 6.45) is 0. The van der Waals surface area contributed by atoms with Crippen LogP contribution in [0, 0.1) is 6.92 Å². The van der Waals surface area contributed by atoms with E-state index >= 15 is 0 Å². The molecule has 21 heavy (non-hydrogen) atoms. The zero-order chi connectivity index (χ0) is 15.6. The van der Waals surface area contributed by atoms with E-state index < -0.39 is 10.0 Å². The second-order valence-electron chi connectivity index (χ2n) is 4.97. The topological polar surface area (TPSA) is 69.6 Å². The van der Waals surface area contributed by atoms with Gasteiger partial charge in [0.25, 0.3) is 10.0 Å². The SMILES string of the molecule is Cc1ccc(NS(=O)(=O)c2ccccc2O)cc1N(C)C. The molecule has 0 aliphatic rings. The third-order valence-electron chi connectivity index (χ3n) is 3.10. The zero-order valence-electron chi connectivity index (χ0n) is 12.2. The van der Waals surface area contributed by atoms with Crippen LogP contribution in [0.2, 0.25) is 0 Å². The average Bonchev–Trinajstić information content (AvgIpc) is 2.40. The smallest absolute Gasteiger partial charge is 0.265 e. The first-order valence-corrected chi connectivity index (χ1v) is 7.88. The molecule has 2 N–H and O–H groups in total. The Labute approximate surface area is 124 Å². The van der Waals surface area contributed by atoms with Gasteiger partial charge in [-0.1, -0.05) is 18.2 Å². The zero-order valence-corrected chi connectivity index (χ0v) is 13.0. The van der Waals surface area contributed by atoms with Crippen molar-refractivity contribution in [3.8, 4) is 5.75 Å². The van der Waals surface area contributed by atoms with Crippen molar-refractivity contribution in [2.75, 3.05) is 23.7 Å². The molecule has 0 heterocycles. The van der Waals surface area contributed by atoms with Crippen LogP contribution in [-0.4, -0.2) is 27.6 Å². The number of phenols is 1. The van der Waals surface area contributed by atoms with Crippen molar-refractivity contribution < 1.29 is 13.5 Å². The molecule has 0 saturated heterocycles. The molecule has 0 amide bonds. The number of nitrogens with one attached hydrogen (secondary N) is 1. The average molecular weight is 306 g/mol. The van der Waals surface area contributed by atoms with Crippen LogP contribution in [-0.2, 0) is 10.0 Å². The maximum Gasteiger partial charge on any atom is 0.265 e. The van der Waals surface area contributed by atoms with Gasteiger partial charge < -0.3 is 10.0 Å². The van der Waals surface area contributed by atoms with Crippen LogP contribution in [0.15, 0.2) is 47.4 Å². The van der Waals surface area contributed by atoms with Crippen molar-refractivity contribution in [3.05, 3.63) is 48.0 Å². The maximum atomic E-state index is 12.3. The number of hydrogen-bond acceptors (Lipinski definition) is 4. The van der Waals surface area contributed by atoms with Gasteiger partial charge in [-0.2, -0.15) is 0 Å². The Morgan fingerprint density at radius 1 is 1.10 bits per heavy atom. The molecule has 112 valence electrons. The molecule has 0 unspecified atom stereocenters. The van der Waals surface area contributed by atoms with Gasteiger partial charge in [0, 0.05) is 19.8 Å². The van der Waals surface area contributed by atoms with E-state index in [4.69, 9.17) is 0 Å². The summed E-state index contributed by atoms with van der Waals surface area (Å²) in [6.45, 7) is 1.95. The van der Waals surface area contributed by atoms with Crippen LogP contribution >= 0.6 is 0 Å². The van der Waals surface area contributed by atoms with Gasteiger partial charge in [0.05, 0.1) is 5.69 Å². The molecule has 0 atom stereocenters. The predicted molar refractivity (Wildman–Crippen MR) is 84.4 cm³/mol. The Kier molecular flexibility index (Phi) is 4.09. The third-order valence-corrected chi connectivity index (χ3v) is 4.53. The van der Waals surface area contributed by atoms with E-state index in [-0.39, 0.29) is 10.6 Å². The van der Waals surface area contributed by atoms with E-state index in [9.17, 15) is 13.5 Å². The number of hydrogen-bond donors (Lipinski definition) is 2. The molecule has 2 aromatic rings. The lowest BCUT2D eigenvalue weighted by Gasteiger charge is -2.17. The van der Waals surface area contributed by atoms with Crippen molar-refractivity contribution in [2.45, 2.75) is 11.8 Å². The van der Waals surface area contributed by atoms with Crippen LogP contribution in [0.1, 0.15) is 5.56 Å². The van der Waals surface area contributed by atoms with E-state index in [2.05, 4.69) is 4.72 Å². The van der Waals surface area contributed by atoms with Gasteiger partial charge in [-0.15, -0.1) is 0 Å². The summed E-state index contributed by atoms with van der Waals surface area (Å²) in [5.41, 5.74) is 2.42. The number of para-hydroxylation sites is 1. The monoisotopic (exact) mass is 306 g/mol. The van der Waals surface area contributed by atoms with Crippen LogP contribution in [0.25, 0.3) is 0 Å². The summed E-state index contributed by atoms with van der Waals surface area (Å²) in [6, 6.07) is 11.1. The number of aryl methyl sites for hydroxylation is 1. The number of aromatic hydroxyl groups is 1. The highest BCUT2D eigenvalue weighted by molar-refractivity contribution is 7.92. The summed E-state index contributed by atoms with van der Waals surface area (Å²) in [7, 11) is -0.0328.